The Morgan fingerprint density at radius 2 is 2.00 bits per heavy atom. The van der Waals surface area contributed by atoms with Crippen LogP contribution in [0.4, 0.5) is 0 Å². The van der Waals surface area contributed by atoms with Gasteiger partial charge in [0.1, 0.15) is 5.69 Å². The summed E-state index contributed by atoms with van der Waals surface area (Å²) >= 11 is 0. The number of carbonyl (C=O) groups excluding carboxylic acids is 1. The van der Waals surface area contributed by atoms with Gasteiger partial charge in [-0.05, 0) is 36.6 Å². The number of aromatic nitrogens is 2. The number of carbonyl (C=O) groups is 2. The third-order valence-electron chi connectivity index (χ3n) is 3.14. The molecule has 0 unspecified atom stereocenters. The third-order valence-corrected chi connectivity index (χ3v) is 3.14. The lowest BCUT2D eigenvalue weighted by atomic mass is 10.1. The highest BCUT2D eigenvalue weighted by Crippen LogP contribution is 2.05. The van der Waals surface area contributed by atoms with Crippen molar-refractivity contribution in [2.45, 2.75) is 19.8 Å². The van der Waals surface area contributed by atoms with Crippen molar-refractivity contribution in [2.24, 2.45) is 0 Å². The average molecular weight is 287 g/mol. The van der Waals surface area contributed by atoms with Gasteiger partial charge >= 0.3 is 5.97 Å². The topological polar surface area (TPSA) is 95.1 Å². The van der Waals surface area contributed by atoms with Crippen LogP contribution in [0.2, 0.25) is 0 Å². The first kappa shape index (κ1) is 14.8. The molecule has 0 saturated heterocycles. The number of benzene rings is 1. The fraction of sp³-hybridized carbons (Fsp3) is 0.267. The van der Waals surface area contributed by atoms with Crippen LogP contribution in [0.15, 0.2) is 30.3 Å². The highest BCUT2D eigenvalue weighted by Gasteiger charge is 2.09. The standard InChI is InChI=1S/C15H17N3O3/c1-2-12-9-13(18-17-12)14(19)16-8-7-10-3-5-11(6-4-10)15(20)21/h3-6,9H,2,7-8H2,1H3,(H,16,19)(H,17,18)(H,20,21). The molecule has 0 aliphatic rings. The molecule has 0 radical (unpaired) electrons. The number of H-pyrrole nitrogens is 1. The van der Waals surface area contributed by atoms with E-state index in [0.717, 1.165) is 17.7 Å². The van der Waals surface area contributed by atoms with Gasteiger partial charge in [0.25, 0.3) is 5.91 Å². The normalized spacial score (nSPS) is 10.3. The fourth-order valence-electron chi connectivity index (χ4n) is 1.88. The van der Waals surface area contributed by atoms with Gasteiger partial charge in [0.05, 0.1) is 5.56 Å². The van der Waals surface area contributed by atoms with Crippen LogP contribution in [0.5, 0.6) is 0 Å². The third kappa shape index (κ3) is 3.92. The van der Waals surface area contributed by atoms with Gasteiger partial charge in [0, 0.05) is 12.2 Å². The molecule has 2 rings (SSSR count). The zero-order valence-corrected chi connectivity index (χ0v) is 11.7. The van der Waals surface area contributed by atoms with E-state index in [0.29, 0.717) is 18.7 Å². The van der Waals surface area contributed by atoms with Crippen molar-refractivity contribution < 1.29 is 14.7 Å². The second kappa shape index (κ2) is 6.69. The van der Waals surface area contributed by atoms with Gasteiger partial charge in [0.2, 0.25) is 0 Å². The summed E-state index contributed by atoms with van der Waals surface area (Å²) in [6.45, 7) is 2.45. The summed E-state index contributed by atoms with van der Waals surface area (Å²) in [4.78, 5) is 22.6. The second-order valence-corrected chi connectivity index (χ2v) is 4.64. The Morgan fingerprint density at radius 3 is 2.57 bits per heavy atom. The minimum absolute atomic E-state index is 0.215. The summed E-state index contributed by atoms with van der Waals surface area (Å²) in [7, 11) is 0. The molecule has 6 nitrogen and oxygen atoms in total. The van der Waals surface area contributed by atoms with Gasteiger partial charge in [-0.25, -0.2) is 4.79 Å². The van der Waals surface area contributed by atoms with Gasteiger partial charge in [-0.2, -0.15) is 5.10 Å². The lowest BCUT2D eigenvalue weighted by molar-refractivity contribution is 0.0696. The van der Waals surface area contributed by atoms with E-state index < -0.39 is 5.97 Å². The van der Waals surface area contributed by atoms with Crippen LogP contribution in [-0.2, 0) is 12.8 Å². The number of aryl methyl sites for hydroxylation is 1. The molecule has 0 spiro atoms. The van der Waals surface area contributed by atoms with Crippen molar-refractivity contribution in [2.75, 3.05) is 6.54 Å². The minimum atomic E-state index is -0.944. The van der Waals surface area contributed by atoms with Crippen LogP contribution in [0.1, 0.15) is 39.0 Å². The molecule has 6 heteroatoms. The van der Waals surface area contributed by atoms with E-state index >= 15 is 0 Å². The number of rotatable bonds is 6. The number of aromatic carboxylic acids is 1. The second-order valence-electron chi connectivity index (χ2n) is 4.64. The first-order chi connectivity index (χ1) is 10.1. The van der Waals surface area contributed by atoms with Crippen LogP contribution in [0.25, 0.3) is 0 Å². The summed E-state index contributed by atoms with van der Waals surface area (Å²) < 4.78 is 0. The Labute approximate surface area is 122 Å². The SMILES string of the molecule is CCc1cc(C(=O)NCCc2ccc(C(=O)O)cc2)n[nH]1. The lowest BCUT2D eigenvalue weighted by Crippen LogP contribution is -2.26. The van der Waals surface area contributed by atoms with Gasteiger partial charge in [-0.1, -0.05) is 19.1 Å². The molecule has 1 aromatic carbocycles. The van der Waals surface area contributed by atoms with E-state index in [9.17, 15) is 9.59 Å². The predicted molar refractivity (Wildman–Crippen MR) is 77.4 cm³/mol. The highest BCUT2D eigenvalue weighted by molar-refractivity contribution is 5.92. The summed E-state index contributed by atoms with van der Waals surface area (Å²) in [5.74, 6) is -1.16. The lowest BCUT2D eigenvalue weighted by Gasteiger charge is -2.04. The highest BCUT2D eigenvalue weighted by atomic mass is 16.4. The number of carboxylic acids is 1. The van der Waals surface area contributed by atoms with Crippen molar-refractivity contribution >= 4 is 11.9 Å². The molecule has 1 amide bonds. The predicted octanol–water partition coefficient (Wildman–Crippen LogP) is 1.64. The summed E-state index contributed by atoms with van der Waals surface area (Å²) in [5, 5.41) is 18.3. The van der Waals surface area contributed by atoms with Crippen LogP contribution in [-0.4, -0.2) is 33.7 Å². The smallest absolute Gasteiger partial charge is 0.335 e. The Bertz CT molecular complexity index is 632. The fourth-order valence-corrected chi connectivity index (χ4v) is 1.88. The van der Waals surface area contributed by atoms with Crippen LogP contribution < -0.4 is 5.32 Å². The molecule has 110 valence electrons. The first-order valence-electron chi connectivity index (χ1n) is 6.75. The zero-order valence-electron chi connectivity index (χ0n) is 11.7. The number of nitrogens with zero attached hydrogens (tertiary/aromatic N) is 1. The van der Waals surface area contributed by atoms with E-state index in [4.69, 9.17) is 5.11 Å². The molecule has 2 aromatic rings. The molecule has 0 aliphatic carbocycles. The van der Waals surface area contributed by atoms with E-state index in [1.807, 2.05) is 6.92 Å². The Balaban J connectivity index is 1.83. The molecule has 21 heavy (non-hydrogen) atoms. The molecule has 1 aromatic heterocycles. The molecule has 0 atom stereocenters. The molecular formula is C15H17N3O3. The van der Waals surface area contributed by atoms with Crippen LogP contribution in [0, 0.1) is 0 Å². The van der Waals surface area contributed by atoms with Crippen molar-refractivity contribution in [3.63, 3.8) is 0 Å². The molecule has 0 aliphatic heterocycles. The molecule has 3 N–H and O–H groups in total. The van der Waals surface area contributed by atoms with E-state index in [2.05, 4.69) is 15.5 Å². The van der Waals surface area contributed by atoms with Crippen LogP contribution in [0.3, 0.4) is 0 Å². The van der Waals surface area contributed by atoms with Crippen LogP contribution >= 0.6 is 0 Å². The van der Waals surface area contributed by atoms with Gasteiger partial charge in [-0.15, -0.1) is 0 Å². The van der Waals surface area contributed by atoms with Crippen molar-refractivity contribution in [1.29, 1.82) is 0 Å². The molecule has 0 bridgehead atoms. The Hall–Kier alpha value is -2.63. The molecule has 0 fully saturated rings. The quantitative estimate of drug-likeness (QED) is 0.752. The van der Waals surface area contributed by atoms with Gasteiger partial charge < -0.3 is 10.4 Å². The van der Waals surface area contributed by atoms with Gasteiger partial charge in [-0.3, -0.25) is 9.89 Å². The number of hydrogen-bond acceptors (Lipinski definition) is 3. The maximum atomic E-state index is 11.8. The van der Waals surface area contributed by atoms with Crippen molar-refractivity contribution in [3.8, 4) is 0 Å². The molecule has 0 saturated carbocycles. The first-order valence-corrected chi connectivity index (χ1v) is 6.75. The van der Waals surface area contributed by atoms with E-state index in [1.54, 1.807) is 30.3 Å². The summed E-state index contributed by atoms with van der Waals surface area (Å²) in [5.41, 5.74) is 2.53. The zero-order chi connectivity index (χ0) is 15.2. The number of amides is 1. The minimum Gasteiger partial charge on any atom is -0.478 e. The maximum Gasteiger partial charge on any atom is 0.335 e. The van der Waals surface area contributed by atoms with Gasteiger partial charge in [0.15, 0.2) is 0 Å². The Morgan fingerprint density at radius 1 is 1.29 bits per heavy atom. The van der Waals surface area contributed by atoms with Crippen molar-refractivity contribution in [1.82, 2.24) is 15.5 Å². The van der Waals surface area contributed by atoms with Crippen molar-refractivity contribution in [3.05, 3.63) is 52.8 Å². The van der Waals surface area contributed by atoms with E-state index in [1.165, 1.54) is 0 Å². The number of hydrogen-bond donors (Lipinski definition) is 3. The number of aromatic amines is 1. The maximum absolute atomic E-state index is 11.8. The van der Waals surface area contributed by atoms with E-state index in [-0.39, 0.29) is 11.5 Å². The Kier molecular flexibility index (Phi) is 4.71. The number of nitrogens with one attached hydrogen (secondary N) is 2. The monoisotopic (exact) mass is 287 g/mol. The number of carboxylic acid groups (broad SMARTS) is 1. The molecular weight excluding hydrogens is 270 g/mol. The molecule has 1 heterocycles. The summed E-state index contributed by atoms with van der Waals surface area (Å²) in [6.07, 6.45) is 1.44. The largest absolute Gasteiger partial charge is 0.478 e. The average Bonchev–Trinajstić information content (AvgIpc) is 2.96. The summed E-state index contributed by atoms with van der Waals surface area (Å²) in [6, 6.07) is 8.34.